The van der Waals surface area contributed by atoms with Crippen LogP contribution in [0.4, 0.5) is 10.6 Å². The first kappa shape index (κ1) is 22.3. The van der Waals surface area contributed by atoms with Gasteiger partial charge >= 0.3 is 6.09 Å². The van der Waals surface area contributed by atoms with Crippen molar-refractivity contribution in [1.29, 1.82) is 0 Å². The number of carbonyl (C=O) groups is 1. The highest BCUT2D eigenvalue weighted by molar-refractivity contribution is 7.19. The lowest BCUT2D eigenvalue weighted by molar-refractivity contribution is 0.0492. The average molecular weight is 447 g/mol. The molecule has 2 aromatic rings. The Morgan fingerprint density at radius 2 is 1.94 bits per heavy atom. The van der Waals surface area contributed by atoms with Gasteiger partial charge in [0, 0.05) is 17.0 Å². The number of hydrogen-bond acceptors (Lipinski definition) is 7. The number of rotatable bonds is 5. The van der Waals surface area contributed by atoms with Crippen LogP contribution in [0.1, 0.15) is 82.6 Å². The molecule has 0 aliphatic heterocycles. The molecule has 2 aliphatic rings. The van der Waals surface area contributed by atoms with Gasteiger partial charge in [-0.3, -0.25) is 0 Å². The predicted molar refractivity (Wildman–Crippen MR) is 124 cm³/mol. The van der Waals surface area contributed by atoms with E-state index >= 15 is 0 Å². The summed E-state index contributed by atoms with van der Waals surface area (Å²) in [7, 11) is 0. The Morgan fingerprint density at radius 1 is 1.23 bits per heavy atom. The van der Waals surface area contributed by atoms with Gasteiger partial charge < -0.3 is 20.5 Å². The van der Waals surface area contributed by atoms with Crippen molar-refractivity contribution in [2.45, 2.75) is 102 Å². The molecule has 7 nitrogen and oxygen atoms in total. The Kier molecular flexibility index (Phi) is 6.40. The van der Waals surface area contributed by atoms with Crippen molar-refractivity contribution in [3.63, 3.8) is 0 Å². The van der Waals surface area contributed by atoms with Crippen molar-refractivity contribution in [3.8, 4) is 0 Å². The molecule has 1 fully saturated rings. The number of hydrogen-bond donors (Lipinski definition) is 3. The summed E-state index contributed by atoms with van der Waals surface area (Å²) in [5.41, 5.74) is 0.873. The molecule has 1 amide bonds. The highest BCUT2D eigenvalue weighted by atomic mass is 32.1. The molecule has 4 rings (SSSR count). The zero-order chi connectivity index (χ0) is 22.2. The molecule has 1 saturated carbocycles. The normalized spacial score (nSPS) is 24.6. The van der Waals surface area contributed by atoms with E-state index in [1.807, 2.05) is 27.7 Å². The van der Waals surface area contributed by atoms with Gasteiger partial charge in [0.1, 0.15) is 22.6 Å². The van der Waals surface area contributed by atoms with Crippen LogP contribution in [0, 0.1) is 0 Å². The van der Waals surface area contributed by atoms with Crippen LogP contribution in [0.15, 0.2) is 6.33 Å². The monoisotopic (exact) mass is 446 g/mol. The number of amides is 1. The van der Waals surface area contributed by atoms with E-state index in [1.54, 1.807) is 17.7 Å². The summed E-state index contributed by atoms with van der Waals surface area (Å²) >= 11 is 1.77. The largest absolute Gasteiger partial charge is 0.444 e. The quantitative estimate of drug-likeness (QED) is 0.614. The number of fused-ring (bicyclic) bond motifs is 3. The van der Waals surface area contributed by atoms with Crippen LogP contribution >= 0.6 is 11.3 Å². The van der Waals surface area contributed by atoms with E-state index in [1.165, 1.54) is 10.4 Å². The lowest BCUT2D eigenvalue weighted by Crippen LogP contribution is -2.42. The van der Waals surface area contributed by atoms with Crippen LogP contribution in [0.5, 0.6) is 0 Å². The molecule has 2 heterocycles. The number of ether oxygens (including phenoxy) is 1. The lowest BCUT2D eigenvalue weighted by atomic mass is 9.91. The Hall–Kier alpha value is -1.93. The smallest absolute Gasteiger partial charge is 0.407 e. The Balaban J connectivity index is 1.42. The van der Waals surface area contributed by atoms with Crippen LogP contribution < -0.4 is 10.6 Å². The van der Waals surface area contributed by atoms with Crippen molar-refractivity contribution in [1.82, 2.24) is 15.3 Å². The van der Waals surface area contributed by atoms with Crippen LogP contribution in [0.3, 0.4) is 0 Å². The molecule has 0 radical (unpaired) electrons. The third kappa shape index (κ3) is 5.29. The third-order valence-electron chi connectivity index (χ3n) is 6.14. The van der Waals surface area contributed by atoms with Crippen LogP contribution in [0.2, 0.25) is 0 Å². The number of aliphatic hydroxyl groups is 1. The molecule has 170 valence electrons. The number of aliphatic hydroxyl groups excluding tert-OH is 1. The molecule has 3 N–H and O–H groups in total. The predicted octanol–water partition coefficient (Wildman–Crippen LogP) is 4.74. The molecular formula is C23H34N4O3S. The molecule has 0 bridgehead atoms. The summed E-state index contributed by atoms with van der Waals surface area (Å²) < 4.78 is 5.38. The van der Waals surface area contributed by atoms with Gasteiger partial charge in [-0.05, 0) is 84.1 Å². The maximum Gasteiger partial charge on any atom is 0.407 e. The first-order valence-electron chi connectivity index (χ1n) is 11.4. The average Bonchev–Trinajstić information content (AvgIpc) is 3.21. The molecule has 0 aromatic carbocycles. The molecule has 2 aromatic heterocycles. The summed E-state index contributed by atoms with van der Waals surface area (Å²) in [6, 6.07) is 0.473. The van der Waals surface area contributed by atoms with E-state index in [4.69, 9.17) is 4.74 Å². The highest BCUT2D eigenvalue weighted by Gasteiger charge is 2.31. The maximum absolute atomic E-state index is 12.0. The fourth-order valence-electron chi connectivity index (χ4n) is 4.87. The number of anilines is 1. The first-order chi connectivity index (χ1) is 14.7. The van der Waals surface area contributed by atoms with E-state index in [2.05, 4.69) is 20.6 Å². The molecule has 2 aliphatic carbocycles. The molecular weight excluding hydrogens is 412 g/mol. The molecule has 0 spiro atoms. The second-order valence-electron chi connectivity index (χ2n) is 10.0. The van der Waals surface area contributed by atoms with Gasteiger partial charge in [0.15, 0.2) is 0 Å². The highest BCUT2D eigenvalue weighted by Crippen LogP contribution is 2.47. The Labute approximate surface area is 188 Å². The van der Waals surface area contributed by atoms with E-state index < -0.39 is 5.60 Å². The third-order valence-corrected chi connectivity index (χ3v) is 7.32. The van der Waals surface area contributed by atoms with Crippen molar-refractivity contribution in [3.05, 3.63) is 16.8 Å². The molecule has 2 atom stereocenters. The number of nitrogens with one attached hydrogen (secondary N) is 2. The van der Waals surface area contributed by atoms with E-state index in [9.17, 15) is 9.90 Å². The second-order valence-corrected chi connectivity index (χ2v) is 11.1. The van der Waals surface area contributed by atoms with Crippen LogP contribution in [0.25, 0.3) is 10.2 Å². The van der Waals surface area contributed by atoms with Gasteiger partial charge in [-0.15, -0.1) is 11.3 Å². The summed E-state index contributed by atoms with van der Waals surface area (Å²) in [6.45, 7) is 7.50. The van der Waals surface area contributed by atoms with Gasteiger partial charge in [-0.2, -0.15) is 0 Å². The molecule has 8 heteroatoms. The maximum atomic E-state index is 12.0. The second kappa shape index (κ2) is 8.90. The Bertz CT molecular complexity index is 929. The van der Waals surface area contributed by atoms with Crippen molar-refractivity contribution >= 4 is 33.5 Å². The first-order valence-corrected chi connectivity index (χ1v) is 12.2. The fourth-order valence-corrected chi connectivity index (χ4v) is 6.11. The zero-order valence-corrected chi connectivity index (χ0v) is 19.7. The van der Waals surface area contributed by atoms with Crippen LogP contribution in [-0.4, -0.2) is 45.0 Å². The minimum absolute atomic E-state index is 0.152. The Morgan fingerprint density at radius 3 is 2.61 bits per heavy atom. The number of carbonyl (C=O) groups excluding carboxylic acids is 1. The summed E-state index contributed by atoms with van der Waals surface area (Å²) in [4.78, 5) is 23.6. The van der Waals surface area contributed by atoms with Gasteiger partial charge in [0.25, 0.3) is 0 Å². The summed E-state index contributed by atoms with van der Waals surface area (Å²) in [6.07, 6.45) is 7.72. The number of aromatic nitrogens is 2. The lowest BCUT2D eigenvalue weighted by Gasteiger charge is -2.31. The van der Waals surface area contributed by atoms with Gasteiger partial charge in [-0.1, -0.05) is 0 Å². The number of nitrogens with zero attached hydrogens (tertiary/aromatic N) is 2. The fraction of sp³-hybridized carbons (Fsp3) is 0.696. The van der Waals surface area contributed by atoms with E-state index in [0.717, 1.165) is 61.0 Å². The zero-order valence-electron chi connectivity index (χ0n) is 18.9. The standard InChI is InChI=1S/C23H34N4O3S/c1-13(28)11-14-5-10-17-18(14)19-20(24-12-25-21(19)31-17)26-15-6-8-16(9-7-15)27-22(29)30-23(2,3)4/h12-16,28H,5-11H2,1-4H3,(H,27,29)(H,24,25,26)/t13?,14-,15-,16-/m1/s1. The number of thiophene rings is 1. The van der Waals surface area contributed by atoms with Gasteiger partial charge in [-0.25, -0.2) is 14.8 Å². The topological polar surface area (TPSA) is 96.4 Å². The van der Waals surface area contributed by atoms with Crippen molar-refractivity contribution < 1.29 is 14.6 Å². The number of alkyl carbamates (subject to hydrolysis) is 1. The summed E-state index contributed by atoms with van der Waals surface area (Å²) in [5.74, 6) is 1.30. The molecule has 0 saturated heterocycles. The van der Waals surface area contributed by atoms with Crippen LogP contribution in [-0.2, 0) is 11.2 Å². The minimum atomic E-state index is -0.478. The van der Waals surface area contributed by atoms with E-state index in [0.29, 0.717) is 12.0 Å². The van der Waals surface area contributed by atoms with Crippen molar-refractivity contribution in [2.24, 2.45) is 0 Å². The summed E-state index contributed by atoms with van der Waals surface area (Å²) in [5, 5.41) is 17.8. The SMILES string of the molecule is CC(O)C[C@H]1CCc2sc3ncnc(N[C@H]4CC[C@H](NC(=O)OC(C)(C)C)CC4)c3c21. The van der Waals surface area contributed by atoms with E-state index in [-0.39, 0.29) is 18.2 Å². The van der Waals surface area contributed by atoms with Gasteiger partial charge in [0.2, 0.25) is 0 Å². The van der Waals surface area contributed by atoms with Gasteiger partial charge in [0.05, 0.1) is 11.5 Å². The van der Waals surface area contributed by atoms with Crippen molar-refractivity contribution in [2.75, 3.05) is 5.32 Å². The molecule has 31 heavy (non-hydrogen) atoms. The minimum Gasteiger partial charge on any atom is -0.444 e. The molecule has 1 unspecified atom stereocenters. The number of aryl methyl sites for hydroxylation is 1.